The lowest BCUT2D eigenvalue weighted by molar-refractivity contribution is -0.121. The van der Waals surface area contributed by atoms with Crippen LogP contribution >= 0.6 is 11.6 Å². The largest absolute Gasteiger partial charge is 0.492 e. The van der Waals surface area contributed by atoms with Crippen LogP contribution in [0.1, 0.15) is 13.8 Å². The molecule has 9 heteroatoms. The van der Waals surface area contributed by atoms with Crippen LogP contribution in [0, 0.1) is 0 Å². The third-order valence-corrected chi connectivity index (χ3v) is 7.26. The van der Waals surface area contributed by atoms with E-state index in [1.165, 1.54) is 16.4 Å². The predicted molar refractivity (Wildman–Crippen MR) is 117 cm³/mol. The highest BCUT2D eigenvalue weighted by Crippen LogP contribution is 2.25. The topological polar surface area (TPSA) is 79.0 Å². The molecule has 1 atom stereocenters. The second-order valence-electron chi connectivity index (χ2n) is 6.99. The van der Waals surface area contributed by atoms with Gasteiger partial charge in [-0.1, -0.05) is 23.7 Å². The fraction of sp³-hybridized carbons (Fsp3) is 0.381. The average Bonchev–Trinajstić information content (AvgIpc) is 2.75. The number of carbonyl (C=O) groups is 1. The maximum Gasteiger partial charge on any atom is 0.243 e. The van der Waals surface area contributed by atoms with Crippen LogP contribution in [-0.2, 0) is 14.8 Å². The Kier molecular flexibility index (Phi) is 7.36. The van der Waals surface area contributed by atoms with E-state index in [9.17, 15) is 13.2 Å². The number of rotatable bonds is 7. The third-order valence-electron chi connectivity index (χ3n) is 5.10. The zero-order chi connectivity index (χ0) is 21.7. The van der Waals surface area contributed by atoms with Gasteiger partial charge in [0.2, 0.25) is 15.9 Å². The Hall–Kier alpha value is -2.13. The minimum Gasteiger partial charge on any atom is -0.492 e. The number of sulfonamides is 1. The highest BCUT2D eigenvalue weighted by atomic mass is 35.5. The number of piperazine rings is 1. The van der Waals surface area contributed by atoms with Crippen molar-refractivity contribution in [3.05, 3.63) is 53.6 Å². The Labute approximate surface area is 182 Å². The molecule has 0 aliphatic carbocycles. The third kappa shape index (κ3) is 5.13. The molecular weight excluding hydrogens is 426 g/mol. The van der Waals surface area contributed by atoms with Crippen LogP contribution in [0.25, 0.3) is 0 Å². The molecule has 0 aromatic heterocycles. The quantitative estimate of drug-likeness (QED) is 0.699. The molecular formula is C21H26ClN3O4S. The number of halogens is 1. The van der Waals surface area contributed by atoms with Crippen LogP contribution in [0.15, 0.2) is 53.4 Å². The fourth-order valence-corrected chi connectivity index (χ4v) is 4.89. The highest BCUT2D eigenvalue weighted by Gasteiger charge is 2.32. The molecule has 1 saturated heterocycles. The standard InChI is InChI=1S/C21H26ClN3O4S/c1-3-29-20-7-5-4-6-19(20)23-21(26)16(2)24-12-14-25(15-13-24)30(27,28)18-10-8-17(22)9-11-18/h4-11,16H,3,12-15H2,1-2H3,(H,23,26). The summed E-state index contributed by atoms with van der Waals surface area (Å²) in [6.07, 6.45) is 0. The molecule has 0 spiro atoms. The first-order valence-electron chi connectivity index (χ1n) is 9.85. The molecule has 1 amide bonds. The van der Waals surface area contributed by atoms with Gasteiger partial charge < -0.3 is 10.1 Å². The van der Waals surface area contributed by atoms with Gasteiger partial charge in [-0.3, -0.25) is 9.69 Å². The lowest BCUT2D eigenvalue weighted by Gasteiger charge is -2.36. The second kappa shape index (κ2) is 9.78. The average molecular weight is 452 g/mol. The van der Waals surface area contributed by atoms with Crippen molar-refractivity contribution < 1.29 is 17.9 Å². The number of para-hydroxylation sites is 2. The fourth-order valence-electron chi connectivity index (χ4n) is 3.34. The Balaban J connectivity index is 1.60. The van der Waals surface area contributed by atoms with E-state index in [0.29, 0.717) is 49.2 Å². The minimum atomic E-state index is -3.58. The summed E-state index contributed by atoms with van der Waals surface area (Å²) in [5, 5.41) is 3.41. The van der Waals surface area contributed by atoms with Gasteiger partial charge in [-0.25, -0.2) is 8.42 Å². The van der Waals surface area contributed by atoms with Crippen molar-refractivity contribution in [2.45, 2.75) is 24.8 Å². The molecule has 2 aromatic carbocycles. The molecule has 1 aliphatic rings. The first kappa shape index (κ1) is 22.6. The molecule has 1 N–H and O–H groups in total. The number of nitrogens with zero attached hydrogens (tertiary/aromatic N) is 2. The monoisotopic (exact) mass is 451 g/mol. The Morgan fingerprint density at radius 1 is 1.10 bits per heavy atom. The number of carbonyl (C=O) groups excluding carboxylic acids is 1. The van der Waals surface area contributed by atoms with Crippen LogP contribution in [0.5, 0.6) is 5.75 Å². The van der Waals surface area contributed by atoms with Gasteiger partial charge >= 0.3 is 0 Å². The number of nitrogens with one attached hydrogen (secondary N) is 1. The number of ether oxygens (including phenoxy) is 1. The summed E-state index contributed by atoms with van der Waals surface area (Å²) in [6, 6.07) is 13.0. The maximum absolute atomic E-state index is 12.8. The molecule has 0 radical (unpaired) electrons. The van der Waals surface area contributed by atoms with Gasteiger partial charge in [0.15, 0.2) is 0 Å². The molecule has 1 aliphatic heterocycles. The van der Waals surface area contributed by atoms with Gasteiger partial charge in [0, 0.05) is 31.2 Å². The van der Waals surface area contributed by atoms with Gasteiger partial charge in [0.1, 0.15) is 5.75 Å². The molecule has 2 aromatic rings. The van der Waals surface area contributed by atoms with Crippen molar-refractivity contribution in [2.24, 2.45) is 0 Å². The summed E-state index contributed by atoms with van der Waals surface area (Å²) < 4.78 is 32.6. The van der Waals surface area contributed by atoms with Gasteiger partial charge in [0.05, 0.1) is 23.2 Å². The van der Waals surface area contributed by atoms with E-state index >= 15 is 0 Å². The van der Waals surface area contributed by atoms with Gasteiger partial charge in [-0.05, 0) is 50.2 Å². The van der Waals surface area contributed by atoms with E-state index in [1.54, 1.807) is 18.2 Å². The maximum atomic E-state index is 12.8. The molecule has 30 heavy (non-hydrogen) atoms. The van der Waals surface area contributed by atoms with Crippen LogP contribution in [0.4, 0.5) is 5.69 Å². The molecule has 3 rings (SSSR count). The van der Waals surface area contributed by atoms with Crippen molar-refractivity contribution >= 4 is 33.2 Å². The van der Waals surface area contributed by atoms with Gasteiger partial charge in [-0.15, -0.1) is 0 Å². The van der Waals surface area contributed by atoms with Crippen molar-refractivity contribution in [1.29, 1.82) is 0 Å². The van der Waals surface area contributed by atoms with E-state index in [-0.39, 0.29) is 10.8 Å². The lowest BCUT2D eigenvalue weighted by atomic mass is 10.2. The van der Waals surface area contributed by atoms with E-state index < -0.39 is 16.1 Å². The van der Waals surface area contributed by atoms with Crippen molar-refractivity contribution in [3.63, 3.8) is 0 Å². The molecule has 0 saturated carbocycles. The Morgan fingerprint density at radius 2 is 1.73 bits per heavy atom. The van der Waals surface area contributed by atoms with E-state index in [4.69, 9.17) is 16.3 Å². The van der Waals surface area contributed by atoms with Crippen LogP contribution in [-0.4, -0.2) is 62.4 Å². The minimum absolute atomic E-state index is 0.156. The number of benzene rings is 2. The van der Waals surface area contributed by atoms with E-state index in [0.717, 1.165) is 0 Å². The number of anilines is 1. The predicted octanol–water partition coefficient (Wildman–Crippen LogP) is 3.07. The van der Waals surface area contributed by atoms with Crippen LogP contribution in [0.2, 0.25) is 5.02 Å². The molecule has 162 valence electrons. The summed E-state index contributed by atoms with van der Waals surface area (Å²) in [7, 11) is -3.58. The second-order valence-corrected chi connectivity index (χ2v) is 9.36. The van der Waals surface area contributed by atoms with Gasteiger partial charge in [0.25, 0.3) is 0 Å². The number of amides is 1. The smallest absolute Gasteiger partial charge is 0.243 e. The SMILES string of the molecule is CCOc1ccccc1NC(=O)C(C)N1CCN(S(=O)(=O)c2ccc(Cl)cc2)CC1. The van der Waals surface area contributed by atoms with Crippen LogP contribution < -0.4 is 10.1 Å². The summed E-state index contributed by atoms with van der Waals surface area (Å²) in [5.74, 6) is 0.468. The lowest BCUT2D eigenvalue weighted by Crippen LogP contribution is -2.53. The first-order valence-corrected chi connectivity index (χ1v) is 11.7. The number of hydrogen-bond acceptors (Lipinski definition) is 5. The highest BCUT2D eigenvalue weighted by molar-refractivity contribution is 7.89. The zero-order valence-electron chi connectivity index (χ0n) is 17.0. The molecule has 1 fully saturated rings. The molecule has 1 unspecified atom stereocenters. The molecule has 0 bridgehead atoms. The molecule has 7 nitrogen and oxygen atoms in total. The van der Waals surface area contributed by atoms with Crippen LogP contribution in [0.3, 0.4) is 0 Å². The summed E-state index contributed by atoms with van der Waals surface area (Å²) >= 11 is 5.86. The first-order chi connectivity index (χ1) is 14.3. The van der Waals surface area contributed by atoms with Crippen molar-refractivity contribution in [3.8, 4) is 5.75 Å². The van der Waals surface area contributed by atoms with Crippen molar-refractivity contribution in [1.82, 2.24) is 9.21 Å². The normalized spacial score (nSPS) is 16.8. The summed E-state index contributed by atoms with van der Waals surface area (Å²) in [4.78, 5) is 14.9. The summed E-state index contributed by atoms with van der Waals surface area (Å²) in [5.41, 5.74) is 0.625. The van der Waals surface area contributed by atoms with E-state index in [1.807, 2.05) is 36.9 Å². The zero-order valence-corrected chi connectivity index (χ0v) is 18.6. The molecule has 1 heterocycles. The van der Waals surface area contributed by atoms with Gasteiger partial charge in [-0.2, -0.15) is 4.31 Å². The Bertz CT molecular complexity index is 974. The van der Waals surface area contributed by atoms with Crippen molar-refractivity contribution in [2.75, 3.05) is 38.1 Å². The number of hydrogen-bond donors (Lipinski definition) is 1. The summed E-state index contributed by atoms with van der Waals surface area (Å²) in [6.45, 7) is 5.78. The van der Waals surface area contributed by atoms with E-state index in [2.05, 4.69) is 5.32 Å². The Morgan fingerprint density at radius 3 is 2.37 bits per heavy atom.